The molecule has 2 aliphatic heterocycles. The van der Waals surface area contributed by atoms with Gasteiger partial charge in [0.05, 0.1) is 17.5 Å². The molecule has 0 aliphatic carbocycles. The second-order valence-corrected chi connectivity index (χ2v) is 7.08. The molecule has 2 aliphatic rings. The number of sulfone groups is 1. The molecular weight excluding hydrogens is 236 g/mol. The number of hydrogen-bond acceptors (Lipinski definition) is 5. The summed E-state index contributed by atoms with van der Waals surface area (Å²) in [6.07, 6.45) is 0. The Morgan fingerprint density at radius 3 is 2.53 bits per heavy atom. The summed E-state index contributed by atoms with van der Waals surface area (Å²) in [6.45, 7) is 0.702. The normalized spacial score (nSPS) is 30.4. The average Bonchev–Trinajstić information content (AvgIpc) is 2.69. The third-order valence-corrected chi connectivity index (χ3v) is 5.22. The van der Waals surface area contributed by atoms with Crippen LogP contribution in [-0.4, -0.2) is 61.5 Å². The maximum atomic E-state index is 11.9. The van der Waals surface area contributed by atoms with Crippen LogP contribution in [0.15, 0.2) is 0 Å². The molecule has 1 atom stereocenters. The van der Waals surface area contributed by atoms with Crippen LogP contribution in [0.5, 0.6) is 0 Å². The predicted molar refractivity (Wildman–Crippen MR) is 59.5 cm³/mol. The number of amides is 1. The lowest BCUT2D eigenvalue weighted by atomic mass is 10.3. The zero-order valence-electron chi connectivity index (χ0n) is 8.31. The minimum atomic E-state index is -2.89. The van der Waals surface area contributed by atoms with Gasteiger partial charge in [0.25, 0.3) is 0 Å². The summed E-state index contributed by atoms with van der Waals surface area (Å²) in [6, 6.07) is -0.115. The number of nitrogens with one attached hydrogen (secondary N) is 1. The molecule has 2 rings (SSSR count). The fourth-order valence-electron chi connectivity index (χ4n) is 1.71. The van der Waals surface area contributed by atoms with Crippen molar-refractivity contribution >= 4 is 27.5 Å². The van der Waals surface area contributed by atoms with E-state index in [1.165, 1.54) is 0 Å². The summed E-state index contributed by atoms with van der Waals surface area (Å²) in [4.78, 5) is 13.5. The van der Waals surface area contributed by atoms with E-state index in [0.717, 1.165) is 11.6 Å². The topological polar surface area (TPSA) is 66.5 Å². The molecule has 0 radical (unpaired) electrons. The molecule has 0 unspecified atom stereocenters. The van der Waals surface area contributed by atoms with Gasteiger partial charge in [-0.05, 0) is 0 Å². The van der Waals surface area contributed by atoms with Gasteiger partial charge >= 0.3 is 0 Å². The number of carbonyl (C=O) groups excluding carboxylic acids is 1. The Morgan fingerprint density at radius 2 is 2.00 bits per heavy atom. The van der Waals surface area contributed by atoms with Crippen molar-refractivity contribution in [2.24, 2.45) is 0 Å². The molecule has 2 heterocycles. The van der Waals surface area contributed by atoms with E-state index in [1.54, 1.807) is 16.7 Å². The molecule has 0 spiro atoms. The smallest absolute Gasteiger partial charge is 0.240 e. The van der Waals surface area contributed by atoms with E-state index in [0.29, 0.717) is 13.1 Å². The van der Waals surface area contributed by atoms with Gasteiger partial charge in [-0.25, -0.2) is 8.42 Å². The lowest BCUT2D eigenvalue weighted by Crippen LogP contribution is -2.50. The van der Waals surface area contributed by atoms with E-state index in [-0.39, 0.29) is 23.5 Å². The largest absolute Gasteiger partial charge is 0.339 e. The Balaban J connectivity index is 1.92. The first-order valence-corrected chi connectivity index (χ1v) is 7.86. The SMILES string of the molecule is O=C([C@H]1CSCN1)N1CCS(=O)(=O)CC1. The van der Waals surface area contributed by atoms with Gasteiger partial charge in [-0.3, -0.25) is 10.1 Å². The van der Waals surface area contributed by atoms with Crippen LogP contribution in [0.4, 0.5) is 0 Å². The van der Waals surface area contributed by atoms with Gasteiger partial charge in [0.2, 0.25) is 5.91 Å². The fourth-order valence-corrected chi connectivity index (χ4v) is 3.84. The van der Waals surface area contributed by atoms with Gasteiger partial charge in [-0.2, -0.15) is 0 Å². The van der Waals surface area contributed by atoms with Gasteiger partial charge in [0, 0.05) is 24.7 Å². The Bertz CT molecular complexity index is 335. The molecule has 0 aromatic heterocycles. The van der Waals surface area contributed by atoms with Crippen LogP contribution in [0.25, 0.3) is 0 Å². The first-order chi connectivity index (χ1) is 7.08. The van der Waals surface area contributed by atoms with Gasteiger partial charge in [0.15, 0.2) is 9.84 Å². The Morgan fingerprint density at radius 1 is 1.33 bits per heavy atom. The molecule has 1 amide bonds. The number of nitrogens with zero attached hydrogens (tertiary/aromatic N) is 1. The molecule has 1 N–H and O–H groups in total. The lowest BCUT2D eigenvalue weighted by molar-refractivity contribution is -0.132. The van der Waals surface area contributed by atoms with Crippen LogP contribution in [0.1, 0.15) is 0 Å². The first kappa shape index (κ1) is 11.2. The molecule has 2 fully saturated rings. The first-order valence-electron chi connectivity index (χ1n) is 4.89. The second kappa shape index (κ2) is 4.31. The summed E-state index contributed by atoms with van der Waals surface area (Å²) in [7, 11) is -2.89. The Hall–Kier alpha value is -0.270. The number of thioether (sulfide) groups is 1. The highest BCUT2D eigenvalue weighted by Crippen LogP contribution is 2.13. The maximum absolute atomic E-state index is 11.9. The molecule has 0 aromatic rings. The second-order valence-electron chi connectivity index (χ2n) is 3.75. The lowest BCUT2D eigenvalue weighted by Gasteiger charge is -2.28. The molecule has 0 aromatic carbocycles. The molecule has 0 bridgehead atoms. The highest BCUT2D eigenvalue weighted by Gasteiger charge is 2.31. The summed E-state index contributed by atoms with van der Waals surface area (Å²) >= 11 is 1.70. The highest BCUT2D eigenvalue weighted by molar-refractivity contribution is 7.99. The average molecular weight is 250 g/mol. The van der Waals surface area contributed by atoms with Crippen molar-refractivity contribution in [1.29, 1.82) is 0 Å². The minimum absolute atomic E-state index is 0.0508. The van der Waals surface area contributed by atoms with Crippen LogP contribution >= 0.6 is 11.8 Å². The minimum Gasteiger partial charge on any atom is -0.339 e. The van der Waals surface area contributed by atoms with Crippen LogP contribution in [-0.2, 0) is 14.6 Å². The highest BCUT2D eigenvalue weighted by atomic mass is 32.2. The van der Waals surface area contributed by atoms with E-state index >= 15 is 0 Å². The molecule has 2 saturated heterocycles. The van der Waals surface area contributed by atoms with Crippen molar-refractivity contribution < 1.29 is 13.2 Å². The molecule has 0 saturated carbocycles. The maximum Gasteiger partial charge on any atom is 0.240 e. The zero-order chi connectivity index (χ0) is 10.9. The number of carbonyl (C=O) groups is 1. The van der Waals surface area contributed by atoms with Crippen LogP contribution in [0.2, 0.25) is 0 Å². The third kappa shape index (κ3) is 2.64. The molecule has 5 nitrogen and oxygen atoms in total. The van der Waals surface area contributed by atoms with Crippen molar-refractivity contribution in [2.75, 3.05) is 36.2 Å². The van der Waals surface area contributed by atoms with E-state index in [4.69, 9.17) is 0 Å². The van der Waals surface area contributed by atoms with Crippen LogP contribution in [0.3, 0.4) is 0 Å². The van der Waals surface area contributed by atoms with E-state index < -0.39 is 9.84 Å². The summed E-state index contributed by atoms with van der Waals surface area (Å²) < 4.78 is 22.4. The number of rotatable bonds is 1. The van der Waals surface area contributed by atoms with E-state index in [9.17, 15) is 13.2 Å². The Labute approximate surface area is 93.5 Å². The van der Waals surface area contributed by atoms with Crippen molar-refractivity contribution in [3.63, 3.8) is 0 Å². The van der Waals surface area contributed by atoms with Crippen molar-refractivity contribution in [1.82, 2.24) is 10.2 Å². The zero-order valence-corrected chi connectivity index (χ0v) is 9.94. The molecule has 7 heteroatoms. The van der Waals surface area contributed by atoms with Crippen molar-refractivity contribution in [2.45, 2.75) is 6.04 Å². The van der Waals surface area contributed by atoms with Gasteiger partial charge in [0.1, 0.15) is 0 Å². The summed E-state index contributed by atoms with van der Waals surface area (Å²) in [5.74, 6) is 1.87. The molecule has 15 heavy (non-hydrogen) atoms. The van der Waals surface area contributed by atoms with E-state index in [2.05, 4.69) is 5.32 Å². The Kier molecular flexibility index (Phi) is 3.22. The molecular formula is C8H14N2O3S2. The van der Waals surface area contributed by atoms with Crippen molar-refractivity contribution in [3.05, 3.63) is 0 Å². The van der Waals surface area contributed by atoms with Gasteiger partial charge in [-0.15, -0.1) is 11.8 Å². The van der Waals surface area contributed by atoms with Crippen LogP contribution in [0, 0.1) is 0 Å². The standard InChI is InChI=1S/C8H14N2O3S2/c11-8(7-5-14-6-9-7)10-1-3-15(12,13)4-2-10/h7,9H,1-6H2/t7-/m1/s1. The van der Waals surface area contributed by atoms with Gasteiger partial charge < -0.3 is 4.90 Å². The predicted octanol–water partition coefficient (Wildman–Crippen LogP) is -1.09. The van der Waals surface area contributed by atoms with Gasteiger partial charge in [-0.1, -0.05) is 0 Å². The summed E-state index contributed by atoms with van der Waals surface area (Å²) in [5, 5.41) is 3.10. The van der Waals surface area contributed by atoms with Crippen molar-refractivity contribution in [3.8, 4) is 0 Å². The van der Waals surface area contributed by atoms with E-state index in [1.807, 2.05) is 0 Å². The third-order valence-electron chi connectivity index (χ3n) is 2.67. The van der Waals surface area contributed by atoms with Crippen LogP contribution < -0.4 is 5.32 Å². The number of hydrogen-bond donors (Lipinski definition) is 1. The summed E-state index contributed by atoms with van der Waals surface area (Å²) in [5.41, 5.74) is 0. The quantitative estimate of drug-likeness (QED) is 0.640. The molecule has 86 valence electrons. The monoisotopic (exact) mass is 250 g/mol. The fraction of sp³-hybridized carbons (Fsp3) is 0.875.